The molecule has 0 amide bonds. The molecule has 0 aliphatic heterocycles. The van der Waals surface area contributed by atoms with Crippen molar-refractivity contribution < 1.29 is 9.47 Å². The van der Waals surface area contributed by atoms with Crippen molar-refractivity contribution in [1.82, 2.24) is 4.98 Å². The van der Waals surface area contributed by atoms with Crippen LogP contribution in [0, 0.1) is 0 Å². The fourth-order valence-corrected chi connectivity index (χ4v) is 2.89. The second-order valence-corrected chi connectivity index (χ2v) is 5.88. The molecule has 0 saturated heterocycles. The molecule has 0 aliphatic rings. The maximum atomic E-state index is 5.66. The minimum atomic E-state index is 0.440. The number of thiazole rings is 1. The summed E-state index contributed by atoms with van der Waals surface area (Å²) in [5, 5.41) is 6.11. The predicted octanol–water partition coefficient (Wildman–Crippen LogP) is 4.48. The van der Waals surface area contributed by atoms with Crippen LogP contribution in [0.4, 0.5) is 5.13 Å². The molecule has 0 bridgehead atoms. The number of hydrogen-bond acceptors (Lipinski definition) is 5. The van der Waals surface area contributed by atoms with Crippen LogP contribution in [-0.2, 0) is 6.54 Å². The quantitative estimate of drug-likeness (QED) is 0.697. The van der Waals surface area contributed by atoms with Crippen molar-refractivity contribution in [1.29, 1.82) is 0 Å². The number of nitrogens with zero attached hydrogens (tertiary/aromatic N) is 1. The SMILES string of the molecule is C=CCOc1c(Br)cc(CNc2nccs2)cc1OCC. The van der Waals surface area contributed by atoms with Gasteiger partial charge in [0, 0.05) is 18.1 Å². The van der Waals surface area contributed by atoms with Crippen LogP contribution in [0.3, 0.4) is 0 Å². The van der Waals surface area contributed by atoms with Crippen molar-refractivity contribution in [3.05, 3.63) is 46.4 Å². The van der Waals surface area contributed by atoms with Gasteiger partial charge in [0.25, 0.3) is 0 Å². The van der Waals surface area contributed by atoms with Crippen LogP contribution in [0.1, 0.15) is 12.5 Å². The van der Waals surface area contributed by atoms with Gasteiger partial charge in [0.15, 0.2) is 16.6 Å². The molecular weight excluding hydrogens is 352 g/mol. The number of halogens is 1. The van der Waals surface area contributed by atoms with Crippen LogP contribution in [0.25, 0.3) is 0 Å². The van der Waals surface area contributed by atoms with E-state index >= 15 is 0 Å². The molecular formula is C15H17BrN2O2S. The van der Waals surface area contributed by atoms with Crippen molar-refractivity contribution >= 4 is 32.4 Å². The van der Waals surface area contributed by atoms with Crippen LogP contribution in [0.15, 0.2) is 40.8 Å². The Morgan fingerprint density at radius 3 is 2.95 bits per heavy atom. The maximum Gasteiger partial charge on any atom is 0.182 e. The van der Waals surface area contributed by atoms with Crippen LogP contribution in [0.5, 0.6) is 11.5 Å². The molecule has 2 rings (SSSR count). The van der Waals surface area contributed by atoms with Crippen molar-refractivity contribution in [3.63, 3.8) is 0 Å². The third-order valence-electron chi connectivity index (χ3n) is 2.59. The molecule has 1 aromatic carbocycles. The highest BCUT2D eigenvalue weighted by atomic mass is 79.9. The summed E-state index contributed by atoms with van der Waals surface area (Å²) in [5.41, 5.74) is 1.09. The molecule has 1 aromatic heterocycles. The number of hydrogen-bond donors (Lipinski definition) is 1. The molecule has 0 atom stereocenters. The molecule has 0 fully saturated rings. The van der Waals surface area contributed by atoms with Gasteiger partial charge in [0.2, 0.25) is 0 Å². The lowest BCUT2D eigenvalue weighted by Crippen LogP contribution is -2.03. The molecule has 0 unspecified atom stereocenters. The first-order valence-corrected chi connectivity index (χ1v) is 8.24. The number of benzene rings is 1. The largest absolute Gasteiger partial charge is 0.490 e. The summed E-state index contributed by atoms with van der Waals surface area (Å²) in [6, 6.07) is 3.99. The first kappa shape index (κ1) is 15.9. The Morgan fingerprint density at radius 2 is 2.29 bits per heavy atom. The number of nitrogens with one attached hydrogen (secondary N) is 1. The lowest BCUT2D eigenvalue weighted by molar-refractivity contribution is 0.295. The Bertz CT molecular complexity index is 588. The zero-order valence-corrected chi connectivity index (χ0v) is 14.2. The molecule has 1 heterocycles. The second-order valence-electron chi connectivity index (χ2n) is 4.13. The number of anilines is 1. The zero-order valence-electron chi connectivity index (χ0n) is 11.8. The topological polar surface area (TPSA) is 43.4 Å². The van der Waals surface area contributed by atoms with E-state index in [1.165, 1.54) is 0 Å². The minimum Gasteiger partial charge on any atom is -0.490 e. The van der Waals surface area contributed by atoms with Gasteiger partial charge in [-0.05, 0) is 40.5 Å². The van der Waals surface area contributed by atoms with Gasteiger partial charge in [-0.15, -0.1) is 11.3 Å². The van der Waals surface area contributed by atoms with Crippen molar-refractivity contribution in [2.75, 3.05) is 18.5 Å². The maximum absolute atomic E-state index is 5.66. The Hall–Kier alpha value is -1.53. The van der Waals surface area contributed by atoms with Crippen molar-refractivity contribution in [2.45, 2.75) is 13.5 Å². The molecule has 4 nitrogen and oxygen atoms in total. The monoisotopic (exact) mass is 368 g/mol. The highest BCUT2D eigenvalue weighted by molar-refractivity contribution is 9.10. The Balaban J connectivity index is 2.16. The Kier molecular flexibility index (Phi) is 6.07. The molecule has 1 N–H and O–H groups in total. The van der Waals surface area contributed by atoms with Gasteiger partial charge >= 0.3 is 0 Å². The molecule has 0 aliphatic carbocycles. The van der Waals surface area contributed by atoms with E-state index in [4.69, 9.17) is 9.47 Å². The highest BCUT2D eigenvalue weighted by Crippen LogP contribution is 2.37. The normalized spacial score (nSPS) is 10.2. The van der Waals surface area contributed by atoms with E-state index in [0.717, 1.165) is 20.9 Å². The van der Waals surface area contributed by atoms with Crippen LogP contribution in [0.2, 0.25) is 0 Å². The van der Waals surface area contributed by atoms with E-state index in [9.17, 15) is 0 Å². The van der Waals surface area contributed by atoms with E-state index in [1.54, 1.807) is 23.6 Å². The Labute approximate surface area is 136 Å². The average molecular weight is 369 g/mol. The van der Waals surface area contributed by atoms with Crippen molar-refractivity contribution in [2.24, 2.45) is 0 Å². The van der Waals surface area contributed by atoms with Gasteiger partial charge in [-0.2, -0.15) is 0 Å². The van der Waals surface area contributed by atoms with Gasteiger partial charge in [0.1, 0.15) is 6.61 Å². The van der Waals surface area contributed by atoms with Gasteiger partial charge < -0.3 is 14.8 Å². The molecule has 0 saturated carbocycles. The average Bonchev–Trinajstić information content (AvgIpc) is 2.98. The van der Waals surface area contributed by atoms with Crippen LogP contribution < -0.4 is 14.8 Å². The standard InChI is InChI=1S/C15H17BrN2O2S/c1-3-6-20-14-12(16)8-11(9-13(14)19-4-2)10-18-15-17-5-7-21-15/h3,5,7-9H,1,4,6,10H2,2H3,(H,17,18). The lowest BCUT2D eigenvalue weighted by Gasteiger charge is -2.15. The Morgan fingerprint density at radius 1 is 1.43 bits per heavy atom. The van der Waals surface area contributed by atoms with E-state index in [-0.39, 0.29) is 0 Å². The van der Waals surface area contributed by atoms with Gasteiger partial charge in [-0.25, -0.2) is 4.98 Å². The van der Waals surface area contributed by atoms with E-state index in [2.05, 4.69) is 32.8 Å². The minimum absolute atomic E-state index is 0.440. The number of aromatic nitrogens is 1. The molecule has 6 heteroatoms. The molecule has 112 valence electrons. The summed E-state index contributed by atoms with van der Waals surface area (Å²) in [5.74, 6) is 1.43. The molecule has 21 heavy (non-hydrogen) atoms. The van der Waals surface area contributed by atoms with Gasteiger partial charge in [-0.3, -0.25) is 0 Å². The summed E-state index contributed by atoms with van der Waals surface area (Å²) in [4.78, 5) is 4.20. The van der Waals surface area contributed by atoms with Crippen molar-refractivity contribution in [3.8, 4) is 11.5 Å². The highest BCUT2D eigenvalue weighted by Gasteiger charge is 2.12. The third-order valence-corrected chi connectivity index (χ3v) is 3.91. The fourth-order valence-electron chi connectivity index (χ4n) is 1.76. The van der Waals surface area contributed by atoms with Gasteiger partial charge in [0.05, 0.1) is 11.1 Å². The smallest absolute Gasteiger partial charge is 0.182 e. The van der Waals surface area contributed by atoms with Crippen LogP contribution >= 0.6 is 27.3 Å². The first-order chi connectivity index (χ1) is 10.2. The van der Waals surface area contributed by atoms with Gasteiger partial charge in [-0.1, -0.05) is 12.7 Å². The predicted molar refractivity (Wildman–Crippen MR) is 90.4 cm³/mol. The van der Waals surface area contributed by atoms with E-state index < -0.39 is 0 Å². The molecule has 0 radical (unpaired) electrons. The molecule has 2 aromatic rings. The second kappa shape index (κ2) is 8.05. The summed E-state index contributed by atoms with van der Waals surface area (Å²) >= 11 is 5.11. The summed E-state index contributed by atoms with van der Waals surface area (Å²) in [6.45, 7) is 7.31. The summed E-state index contributed by atoms with van der Waals surface area (Å²) in [7, 11) is 0. The first-order valence-electron chi connectivity index (χ1n) is 6.56. The number of rotatable bonds is 8. The summed E-state index contributed by atoms with van der Waals surface area (Å²) in [6.07, 6.45) is 3.49. The fraction of sp³-hybridized carbons (Fsp3) is 0.267. The zero-order chi connectivity index (χ0) is 15.1. The van der Waals surface area contributed by atoms with Crippen LogP contribution in [-0.4, -0.2) is 18.2 Å². The number of ether oxygens (including phenoxy) is 2. The van der Waals surface area contributed by atoms with E-state index in [0.29, 0.717) is 25.5 Å². The molecule has 0 spiro atoms. The third kappa shape index (κ3) is 4.47. The van der Waals surface area contributed by atoms with E-state index in [1.807, 2.05) is 24.4 Å². The lowest BCUT2D eigenvalue weighted by atomic mass is 10.2. The summed E-state index contributed by atoms with van der Waals surface area (Å²) < 4.78 is 12.2.